The molecule has 1 saturated heterocycles. The van der Waals surface area contributed by atoms with Gasteiger partial charge in [0.2, 0.25) is 0 Å². The highest BCUT2D eigenvalue weighted by atomic mass is 19.1. The molecule has 0 bridgehead atoms. The predicted octanol–water partition coefficient (Wildman–Crippen LogP) is 1.14. The first-order valence-corrected chi connectivity index (χ1v) is 5.71. The number of hydrogen-bond acceptors (Lipinski definition) is 3. The lowest BCUT2D eigenvalue weighted by Gasteiger charge is -2.23. The number of nitrogens with two attached hydrogens (primary N) is 1. The number of hydrogen-bond donors (Lipinski definition) is 2. The molecular weight excluding hydrogens is 242 g/mol. The van der Waals surface area contributed by atoms with Crippen LogP contribution in [0.5, 0.6) is 0 Å². The molecule has 4 nitrogen and oxygen atoms in total. The van der Waals surface area contributed by atoms with Crippen molar-refractivity contribution >= 4 is 11.6 Å². The zero-order valence-electron chi connectivity index (χ0n) is 9.70. The molecule has 2 rings (SSSR count). The van der Waals surface area contributed by atoms with Crippen molar-refractivity contribution in [1.82, 2.24) is 4.90 Å². The largest absolute Gasteiger partial charge is 0.396 e. The van der Waals surface area contributed by atoms with E-state index in [4.69, 9.17) is 10.8 Å². The SMILES string of the molecule is Nc1cc(F)cc(C(=O)N2CCC[C@@H]2CO)c1F. The maximum atomic E-state index is 13.7. The van der Waals surface area contributed by atoms with Crippen LogP contribution in [0.15, 0.2) is 12.1 Å². The molecule has 0 aromatic heterocycles. The van der Waals surface area contributed by atoms with Gasteiger partial charge in [-0.1, -0.05) is 0 Å². The van der Waals surface area contributed by atoms with Crippen molar-refractivity contribution in [3.05, 3.63) is 29.3 Å². The van der Waals surface area contributed by atoms with Gasteiger partial charge in [-0.05, 0) is 25.0 Å². The normalized spacial score (nSPS) is 19.3. The number of likely N-dealkylation sites (tertiary alicyclic amines) is 1. The fourth-order valence-electron chi connectivity index (χ4n) is 2.21. The Balaban J connectivity index is 2.34. The van der Waals surface area contributed by atoms with Gasteiger partial charge in [-0.25, -0.2) is 8.78 Å². The summed E-state index contributed by atoms with van der Waals surface area (Å²) in [6, 6.07) is 1.34. The molecule has 1 aliphatic rings. The number of rotatable bonds is 2. The molecule has 0 spiro atoms. The van der Waals surface area contributed by atoms with Crippen molar-refractivity contribution in [1.29, 1.82) is 0 Å². The van der Waals surface area contributed by atoms with E-state index in [1.54, 1.807) is 0 Å². The van der Waals surface area contributed by atoms with E-state index >= 15 is 0 Å². The molecule has 98 valence electrons. The Bertz CT molecular complexity index is 479. The second kappa shape index (κ2) is 4.89. The number of nitrogen functional groups attached to an aromatic ring is 1. The van der Waals surface area contributed by atoms with Gasteiger partial charge >= 0.3 is 0 Å². The highest BCUT2D eigenvalue weighted by molar-refractivity contribution is 5.95. The summed E-state index contributed by atoms with van der Waals surface area (Å²) in [5.41, 5.74) is 4.52. The molecule has 1 atom stereocenters. The van der Waals surface area contributed by atoms with E-state index in [0.717, 1.165) is 18.6 Å². The summed E-state index contributed by atoms with van der Waals surface area (Å²) >= 11 is 0. The Kier molecular flexibility index (Phi) is 3.47. The van der Waals surface area contributed by atoms with Gasteiger partial charge in [-0.2, -0.15) is 0 Å². The monoisotopic (exact) mass is 256 g/mol. The Morgan fingerprint density at radius 2 is 2.22 bits per heavy atom. The summed E-state index contributed by atoms with van der Waals surface area (Å²) in [7, 11) is 0. The summed E-state index contributed by atoms with van der Waals surface area (Å²) in [6.45, 7) is 0.248. The zero-order chi connectivity index (χ0) is 13.3. The van der Waals surface area contributed by atoms with E-state index in [9.17, 15) is 13.6 Å². The molecule has 1 aliphatic heterocycles. The number of anilines is 1. The zero-order valence-corrected chi connectivity index (χ0v) is 9.70. The van der Waals surface area contributed by atoms with Gasteiger partial charge in [-0.3, -0.25) is 4.79 Å². The van der Waals surface area contributed by atoms with E-state index in [-0.39, 0.29) is 18.2 Å². The van der Waals surface area contributed by atoms with Crippen LogP contribution in [0.3, 0.4) is 0 Å². The fourth-order valence-corrected chi connectivity index (χ4v) is 2.21. The number of carbonyl (C=O) groups excluding carboxylic acids is 1. The van der Waals surface area contributed by atoms with Crippen LogP contribution in [0.25, 0.3) is 0 Å². The van der Waals surface area contributed by atoms with Crippen LogP contribution >= 0.6 is 0 Å². The minimum absolute atomic E-state index is 0.182. The van der Waals surface area contributed by atoms with Crippen LogP contribution in [0, 0.1) is 11.6 Å². The smallest absolute Gasteiger partial charge is 0.257 e. The molecule has 1 fully saturated rings. The number of halogens is 2. The third-order valence-corrected chi connectivity index (χ3v) is 3.14. The second-order valence-corrected chi connectivity index (χ2v) is 4.33. The summed E-state index contributed by atoms with van der Waals surface area (Å²) in [4.78, 5) is 13.5. The third kappa shape index (κ3) is 2.15. The molecule has 1 aromatic rings. The molecule has 6 heteroatoms. The number of aliphatic hydroxyl groups excluding tert-OH is 1. The van der Waals surface area contributed by atoms with E-state index < -0.39 is 23.2 Å². The van der Waals surface area contributed by atoms with Crippen molar-refractivity contribution in [2.75, 3.05) is 18.9 Å². The van der Waals surface area contributed by atoms with Crippen LogP contribution in [-0.4, -0.2) is 35.1 Å². The minimum atomic E-state index is -0.912. The minimum Gasteiger partial charge on any atom is -0.396 e. The predicted molar refractivity (Wildman–Crippen MR) is 61.9 cm³/mol. The van der Waals surface area contributed by atoms with Gasteiger partial charge in [0, 0.05) is 6.54 Å². The van der Waals surface area contributed by atoms with Gasteiger partial charge in [-0.15, -0.1) is 0 Å². The quantitative estimate of drug-likeness (QED) is 0.780. The van der Waals surface area contributed by atoms with Gasteiger partial charge in [0.15, 0.2) is 5.82 Å². The van der Waals surface area contributed by atoms with Crippen LogP contribution in [0.4, 0.5) is 14.5 Å². The van der Waals surface area contributed by atoms with E-state index in [0.29, 0.717) is 13.0 Å². The molecule has 1 amide bonds. The molecule has 0 radical (unpaired) electrons. The molecule has 0 aliphatic carbocycles. The summed E-state index contributed by atoms with van der Waals surface area (Å²) in [6.07, 6.45) is 1.40. The summed E-state index contributed by atoms with van der Waals surface area (Å²) < 4.78 is 26.9. The first-order valence-electron chi connectivity index (χ1n) is 5.71. The van der Waals surface area contributed by atoms with Crippen LogP contribution in [-0.2, 0) is 0 Å². The average Bonchev–Trinajstić information content (AvgIpc) is 2.81. The topological polar surface area (TPSA) is 66.6 Å². The molecule has 1 heterocycles. The van der Waals surface area contributed by atoms with E-state index in [1.165, 1.54) is 4.90 Å². The number of nitrogens with zero attached hydrogens (tertiary/aromatic N) is 1. The van der Waals surface area contributed by atoms with Crippen molar-refractivity contribution in [3.8, 4) is 0 Å². The Morgan fingerprint density at radius 1 is 1.50 bits per heavy atom. The van der Waals surface area contributed by atoms with Crippen molar-refractivity contribution < 1.29 is 18.7 Å². The van der Waals surface area contributed by atoms with Gasteiger partial charge < -0.3 is 15.7 Å². The van der Waals surface area contributed by atoms with Gasteiger partial charge in [0.05, 0.1) is 23.9 Å². The van der Waals surface area contributed by atoms with Crippen molar-refractivity contribution in [3.63, 3.8) is 0 Å². The standard InChI is InChI=1S/C12H14F2N2O2/c13-7-4-9(11(14)10(15)5-7)12(18)16-3-1-2-8(16)6-17/h4-5,8,17H,1-3,6,15H2/t8-/m1/s1. The summed E-state index contributed by atoms with van der Waals surface area (Å²) in [5.74, 6) is -2.29. The van der Waals surface area contributed by atoms with Crippen molar-refractivity contribution in [2.24, 2.45) is 0 Å². The van der Waals surface area contributed by atoms with Crippen LogP contribution < -0.4 is 5.73 Å². The molecule has 3 N–H and O–H groups in total. The summed E-state index contributed by atoms with van der Waals surface area (Å²) in [5, 5.41) is 9.12. The first kappa shape index (κ1) is 12.8. The van der Waals surface area contributed by atoms with Crippen LogP contribution in [0.2, 0.25) is 0 Å². The van der Waals surface area contributed by atoms with E-state index in [1.807, 2.05) is 0 Å². The Hall–Kier alpha value is -1.69. The van der Waals surface area contributed by atoms with Gasteiger partial charge in [0.1, 0.15) is 5.82 Å². The number of aliphatic hydroxyl groups is 1. The number of amides is 1. The van der Waals surface area contributed by atoms with Crippen LogP contribution in [0.1, 0.15) is 23.2 Å². The Labute approximate surface area is 103 Å². The second-order valence-electron chi connectivity index (χ2n) is 4.33. The average molecular weight is 256 g/mol. The maximum absolute atomic E-state index is 13.7. The fraction of sp³-hybridized carbons (Fsp3) is 0.417. The maximum Gasteiger partial charge on any atom is 0.257 e. The molecule has 18 heavy (non-hydrogen) atoms. The third-order valence-electron chi connectivity index (χ3n) is 3.14. The highest BCUT2D eigenvalue weighted by Gasteiger charge is 2.30. The lowest BCUT2D eigenvalue weighted by atomic mass is 10.1. The molecule has 0 saturated carbocycles. The van der Waals surface area contributed by atoms with Gasteiger partial charge in [0.25, 0.3) is 5.91 Å². The lowest BCUT2D eigenvalue weighted by Crippen LogP contribution is -2.38. The molecular formula is C12H14F2N2O2. The highest BCUT2D eigenvalue weighted by Crippen LogP contribution is 2.24. The number of benzene rings is 1. The van der Waals surface area contributed by atoms with E-state index in [2.05, 4.69) is 0 Å². The lowest BCUT2D eigenvalue weighted by molar-refractivity contribution is 0.0672. The first-order chi connectivity index (χ1) is 8.54. The molecule has 1 aromatic carbocycles. The Morgan fingerprint density at radius 3 is 2.89 bits per heavy atom. The number of carbonyl (C=O) groups is 1. The molecule has 0 unspecified atom stereocenters. The van der Waals surface area contributed by atoms with Crippen molar-refractivity contribution in [2.45, 2.75) is 18.9 Å².